The van der Waals surface area contributed by atoms with Crippen molar-refractivity contribution >= 4 is 68.7 Å². The number of allylic oxidation sites excluding steroid dienone is 1. The van der Waals surface area contributed by atoms with E-state index in [0.717, 1.165) is 55.8 Å². The molecule has 67 heavy (non-hydrogen) atoms. The van der Waals surface area contributed by atoms with Crippen molar-refractivity contribution in [1.82, 2.24) is 25.4 Å². The highest BCUT2D eigenvalue weighted by molar-refractivity contribution is 14.1. The number of hydrogen-bond acceptors (Lipinski definition) is 8. The summed E-state index contributed by atoms with van der Waals surface area (Å²) in [5, 5.41) is 16.5. The zero-order valence-corrected chi connectivity index (χ0v) is 42.3. The number of amides is 4. The van der Waals surface area contributed by atoms with Gasteiger partial charge in [-0.2, -0.15) is 0 Å². The van der Waals surface area contributed by atoms with E-state index in [1.165, 1.54) is 21.6 Å². The monoisotopic (exact) mass is 1040 g/mol. The number of halogens is 1. The molecule has 354 valence electrons. The van der Waals surface area contributed by atoms with Crippen LogP contribution in [0.25, 0.3) is 21.6 Å². The second kappa shape index (κ2) is 24.6. The van der Waals surface area contributed by atoms with E-state index in [1.807, 2.05) is 74.8 Å². The van der Waals surface area contributed by atoms with E-state index < -0.39 is 23.6 Å². The zero-order chi connectivity index (χ0) is 47.9. The average molecular weight is 1040 g/mol. The van der Waals surface area contributed by atoms with Gasteiger partial charge in [0.05, 0.1) is 23.0 Å². The maximum atomic E-state index is 14.0. The van der Waals surface area contributed by atoms with E-state index in [1.54, 1.807) is 23.3 Å². The largest absolute Gasteiger partial charge is 0.492 e. The second-order valence-electron chi connectivity index (χ2n) is 18.2. The van der Waals surface area contributed by atoms with Crippen molar-refractivity contribution in [1.29, 1.82) is 0 Å². The van der Waals surface area contributed by atoms with Crippen LogP contribution in [-0.4, -0.2) is 88.5 Å². The molecule has 4 amide bonds. The number of ether oxygens (including phenoxy) is 1. The Morgan fingerprint density at radius 3 is 2.10 bits per heavy atom. The van der Waals surface area contributed by atoms with Crippen molar-refractivity contribution in [3.63, 3.8) is 0 Å². The Morgan fingerprint density at radius 1 is 0.866 bits per heavy atom. The fraction of sp³-hybridized carbons (Fsp3) is 0.389. The smallest absolute Gasteiger partial charge is 0.246 e. The Morgan fingerprint density at radius 2 is 1.49 bits per heavy atom. The van der Waals surface area contributed by atoms with Gasteiger partial charge < -0.3 is 30.3 Å². The second-order valence-corrected chi connectivity index (χ2v) is 20.1. The highest BCUT2D eigenvalue weighted by Gasteiger charge is 2.44. The standard InChI is InChI=1S/C54H64IN5O6S/c1-6-44(38-17-11-9-12-18-38)48(39-19-13-10-14-20-39)40-27-29-43(30-28-40)66-32-31-59(5)47(63)22-16-8-7-15-21-46(62)58-50(54(2,3)4)53(65)60-35-42(61)33-45(60)52(64)56-34-37-23-25-41(26-24-37)49-51(55)57-36-67-49/h9-14,17-20,23-30,36,42,45,50,61H,6-8,15-16,21-22,31-35H2,1-5H3,(H,56,64)(H,58,62)/b48-44-/t42-,45+,50-/m1/s1. The normalized spacial score (nSPS) is 15.7. The number of carbonyl (C=O) groups is 4. The summed E-state index contributed by atoms with van der Waals surface area (Å²) >= 11 is 3.79. The molecule has 1 aliphatic heterocycles. The molecule has 0 aliphatic carbocycles. The third kappa shape index (κ3) is 14.3. The zero-order valence-electron chi connectivity index (χ0n) is 39.3. The molecule has 0 spiro atoms. The molecule has 0 bridgehead atoms. The number of hydrogen-bond donors (Lipinski definition) is 3. The molecule has 1 saturated heterocycles. The molecular weight excluding hydrogens is 974 g/mol. The van der Waals surface area contributed by atoms with Crippen LogP contribution in [0.4, 0.5) is 0 Å². The van der Waals surface area contributed by atoms with Crippen molar-refractivity contribution in [2.24, 2.45) is 5.41 Å². The molecule has 1 aliphatic rings. The molecule has 11 nitrogen and oxygen atoms in total. The molecule has 5 aromatic rings. The van der Waals surface area contributed by atoms with Crippen LogP contribution < -0.4 is 15.4 Å². The van der Waals surface area contributed by atoms with Crippen molar-refractivity contribution in [2.45, 2.75) is 104 Å². The maximum absolute atomic E-state index is 14.0. The first-order chi connectivity index (χ1) is 32.2. The summed E-state index contributed by atoms with van der Waals surface area (Å²) in [4.78, 5) is 62.2. The van der Waals surface area contributed by atoms with Crippen LogP contribution in [0.15, 0.2) is 115 Å². The number of rotatable bonds is 21. The number of β-amino-alcohol motifs (C(OH)–C–C–N with tert-alkyl or cyclic N) is 1. The summed E-state index contributed by atoms with van der Waals surface area (Å²) in [6.07, 6.45) is 3.66. The molecule has 0 saturated carbocycles. The Labute approximate surface area is 413 Å². The van der Waals surface area contributed by atoms with Crippen LogP contribution in [-0.2, 0) is 25.7 Å². The fourth-order valence-corrected chi connectivity index (χ4v) is 10.1. The minimum absolute atomic E-state index is 0.0142. The Kier molecular flexibility index (Phi) is 18.7. The van der Waals surface area contributed by atoms with Crippen LogP contribution in [0.3, 0.4) is 0 Å². The molecule has 0 radical (unpaired) electrons. The van der Waals surface area contributed by atoms with Crippen molar-refractivity contribution in [2.75, 3.05) is 26.7 Å². The summed E-state index contributed by atoms with van der Waals surface area (Å²) in [7, 11) is 1.79. The van der Waals surface area contributed by atoms with Gasteiger partial charge in [0.15, 0.2) is 0 Å². The topological polar surface area (TPSA) is 141 Å². The lowest BCUT2D eigenvalue weighted by Crippen LogP contribution is -2.57. The number of nitrogens with zero attached hydrogens (tertiary/aromatic N) is 3. The van der Waals surface area contributed by atoms with Crippen LogP contribution in [0.1, 0.15) is 101 Å². The summed E-state index contributed by atoms with van der Waals surface area (Å²) in [5.74, 6) is -0.191. The highest BCUT2D eigenvalue weighted by atomic mass is 127. The maximum Gasteiger partial charge on any atom is 0.246 e. The number of carbonyl (C=O) groups excluding carboxylic acids is 4. The summed E-state index contributed by atoms with van der Waals surface area (Å²) < 4.78 is 7.01. The minimum atomic E-state index is -0.886. The lowest BCUT2D eigenvalue weighted by Gasteiger charge is -2.35. The predicted octanol–water partition coefficient (Wildman–Crippen LogP) is 9.77. The number of benzene rings is 4. The lowest BCUT2D eigenvalue weighted by molar-refractivity contribution is -0.144. The first-order valence-corrected chi connectivity index (χ1v) is 25.2. The number of aliphatic hydroxyl groups is 1. The number of thiazole rings is 1. The van der Waals surface area contributed by atoms with E-state index in [4.69, 9.17) is 4.74 Å². The summed E-state index contributed by atoms with van der Waals surface area (Å²) in [5.41, 5.74) is 9.08. The number of nitrogens with one attached hydrogen (secondary N) is 2. The first kappa shape index (κ1) is 51.0. The molecule has 3 N–H and O–H groups in total. The third-order valence-electron chi connectivity index (χ3n) is 12.1. The van der Waals surface area contributed by atoms with Crippen LogP contribution in [0.5, 0.6) is 5.75 Å². The van der Waals surface area contributed by atoms with Gasteiger partial charge in [0.2, 0.25) is 23.6 Å². The summed E-state index contributed by atoms with van der Waals surface area (Å²) in [6.45, 7) is 8.93. The predicted molar refractivity (Wildman–Crippen MR) is 276 cm³/mol. The van der Waals surface area contributed by atoms with Crippen LogP contribution >= 0.6 is 33.9 Å². The molecule has 2 heterocycles. The highest BCUT2D eigenvalue weighted by Crippen LogP contribution is 2.35. The first-order valence-electron chi connectivity index (χ1n) is 23.3. The minimum Gasteiger partial charge on any atom is -0.492 e. The van der Waals surface area contributed by atoms with Gasteiger partial charge in [-0.15, -0.1) is 11.3 Å². The average Bonchev–Trinajstić information content (AvgIpc) is 3.95. The van der Waals surface area contributed by atoms with E-state index >= 15 is 0 Å². The Balaban J connectivity index is 0.900. The molecule has 13 heteroatoms. The van der Waals surface area contributed by atoms with Gasteiger partial charge in [-0.1, -0.05) is 138 Å². The number of likely N-dealkylation sites (tertiary alicyclic amines) is 1. The van der Waals surface area contributed by atoms with E-state index in [2.05, 4.69) is 106 Å². The van der Waals surface area contributed by atoms with E-state index in [0.29, 0.717) is 32.4 Å². The summed E-state index contributed by atoms with van der Waals surface area (Å²) in [6, 6.07) is 35.3. The van der Waals surface area contributed by atoms with Gasteiger partial charge in [0.1, 0.15) is 28.1 Å². The van der Waals surface area contributed by atoms with Crippen molar-refractivity contribution < 1.29 is 29.0 Å². The van der Waals surface area contributed by atoms with Gasteiger partial charge in [0.25, 0.3) is 0 Å². The van der Waals surface area contributed by atoms with E-state index in [-0.39, 0.29) is 49.6 Å². The van der Waals surface area contributed by atoms with Gasteiger partial charge in [-0.25, -0.2) is 4.98 Å². The lowest BCUT2D eigenvalue weighted by atomic mass is 9.85. The van der Waals surface area contributed by atoms with Gasteiger partial charge in [-0.3, -0.25) is 19.2 Å². The molecule has 1 aromatic heterocycles. The quantitative estimate of drug-likeness (QED) is 0.0378. The fourth-order valence-electron chi connectivity index (χ4n) is 8.39. The molecule has 1 fully saturated rings. The van der Waals surface area contributed by atoms with Crippen molar-refractivity contribution in [3.05, 3.63) is 141 Å². The Bertz CT molecular complexity index is 2440. The number of aliphatic hydroxyl groups excluding tert-OH is 1. The van der Waals surface area contributed by atoms with Gasteiger partial charge in [-0.05, 0) is 98.4 Å². The number of likely N-dealkylation sites (N-methyl/N-ethyl adjacent to an activating group) is 1. The van der Waals surface area contributed by atoms with Gasteiger partial charge in [0, 0.05) is 39.4 Å². The third-order valence-corrected chi connectivity index (χ3v) is 14.2. The molecule has 6 rings (SSSR count). The van der Waals surface area contributed by atoms with Crippen molar-refractivity contribution in [3.8, 4) is 16.2 Å². The number of unbranched alkanes of at least 4 members (excludes halogenated alkanes) is 3. The molecular formula is C54H64IN5O6S. The van der Waals surface area contributed by atoms with Crippen LogP contribution in [0.2, 0.25) is 0 Å². The molecule has 0 unspecified atom stereocenters. The van der Waals surface area contributed by atoms with Crippen LogP contribution in [0, 0.1) is 9.12 Å². The Hall–Kier alpha value is -5.38. The SMILES string of the molecule is CC/C(=C(\c1ccccc1)c1ccc(OCCN(C)C(=O)CCCCCCC(=O)N[C@H](C(=O)N2C[C@H](O)C[C@H]2C(=O)NCc2ccc(-c3scnc3I)cc2)C(C)(C)C)cc1)c1ccccc1. The molecule has 3 atom stereocenters. The van der Waals surface area contributed by atoms with E-state index in [9.17, 15) is 24.3 Å². The molecule has 4 aromatic carbocycles. The number of aromatic nitrogens is 1. The van der Waals surface area contributed by atoms with Gasteiger partial charge >= 0.3 is 0 Å².